The Morgan fingerprint density at radius 2 is 1.83 bits per heavy atom. The largest absolute Gasteiger partial charge is 0.334 e. The van der Waals surface area contributed by atoms with Gasteiger partial charge in [0.25, 0.3) is 15.9 Å². The Labute approximate surface area is 171 Å². The van der Waals surface area contributed by atoms with Crippen LogP contribution in [0.15, 0.2) is 47.4 Å². The number of rotatable bonds is 3. The minimum absolute atomic E-state index is 0.0308. The number of hydrogen-bond donors (Lipinski definition) is 0. The van der Waals surface area contributed by atoms with Gasteiger partial charge in [-0.05, 0) is 62.4 Å². The first-order valence-corrected chi connectivity index (χ1v) is 11.2. The van der Waals surface area contributed by atoms with Gasteiger partial charge in [-0.3, -0.25) is 9.59 Å². The molecular formula is C22H24N2O4S. The van der Waals surface area contributed by atoms with Crippen LogP contribution in [-0.4, -0.2) is 42.0 Å². The SMILES string of the molecule is Cc1ccc([C@@H]2CCCN2C(=O)[C@H](C)N2C(=O)c3ccccc3S2(=O)=O)cc1C. The highest BCUT2D eigenvalue weighted by Crippen LogP contribution is 2.36. The van der Waals surface area contributed by atoms with Gasteiger partial charge in [-0.15, -0.1) is 0 Å². The van der Waals surface area contributed by atoms with Gasteiger partial charge in [-0.2, -0.15) is 0 Å². The zero-order valence-electron chi connectivity index (χ0n) is 16.8. The maximum atomic E-state index is 13.3. The van der Waals surface area contributed by atoms with Crippen LogP contribution < -0.4 is 0 Å². The van der Waals surface area contributed by atoms with E-state index in [1.54, 1.807) is 17.0 Å². The number of hydrogen-bond acceptors (Lipinski definition) is 4. The number of aryl methyl sites for hydroxylation is 2. The number of carbonyl (C=O) groups excluding carboxylic acids is 2. The van der Waals surface area contributed by atoms with E-state index >= 15 is 0 Å². The third-order valence-electron chi connectivity index (χ3n) is 6.02. The third-order valence-corrected chi connectivity index (χ3v) is 7.93. The number of amides is 2. The minimum Gasteiger partial charge on any atom is -0.334 e. The predicted molar refractivity (Wildman–Crippen MR) is 109 cm³/mol. The molecule has 0 aromatic heterocycles. The molecule has 0 unspecified atom stereocenters. The maximum absolute atomic E-state index is 13.3. The Kier molecular flexibility index (Phi) is 4.73. The topological polar surface area (TPSA) is 74.8 Å². The lowest BCUT2D eigenvalue weighted by atomic mass is 9.99. The van der Waals surface area contributed by atoms with Gasteiger partial charge in [0.2, 0.25) is 5.91 Å². The fraction of sp³-hybridized carbons (Fsp3) is 0.364. The smallest absolute Gasteiger partial charge is 0.269 e. The van der Waals surface area contributed by atoms with Crippen molar-refractivity contribution in [3.8, 4) is 0 Å². The molecule has 1 saturated heterocycles. The van der Waals surface area contributed by atoms with Crippen LogP contribution in [0, 0.1) is 13.8 Å². The normalized spacial score (nSPS) is 21.3. The van der Waals surface area contributed by atoms with Crippen LogP contribution in [0.4, 0.5) is 0 Å². The number of benzene rings is 2. The molecule has 0 N–H and O–H groups in total. The Hall–Kier alpha value is -2.67. The highest BCUT2D eigenvalue weighted by molar-refractivity contribution is 7.90. The summed E-state index contributed by atoms with van der Waals surface area (Å²) in [5.74, 6) is -0.973. The van der Waals surface area contributed by atoms with Gasteiger partial charge in [0.15, 0.2) is 0 Å². The van der Waals surface area contributed by atoms with Gasteiger partial charge < -0.3 is 4.90 Å². The van der Waals surface area contributed by atoms with Crippen molar-refractivity contribution in [3.05, 3.63) is 64.7 Å². The highest BCUT2D eigenvalue weighted by atomic mass is 32.2. The van der Waals surface area contributed by atoms with E-state index in [-0.39, 0.29) is 22.4 Å². The zero-order chi connectivity index (χ0) is 20.9. The lowest BCUT2D eigenvalue weighted by Crippen LogP contribution is -2.49. The van der Waals surface area contributed by atoms with Crippen LogP contribution in [0.25, 0.3) is 0 Å². The average Bonchev–Trinajstić information content (AvgIpc) is 3.25. The summed E-state index contributed by atoms with van der Waals surface area (Å²) in [5, 5.41) is 0. The molecule has 2 amide bonds. The Morgan fingerprint density at radius 3 is 2.52 bits per heavy atom. The molecule has 4 rings (SSSR count). The Bertz CT molecular complexity index is 1110. The average molecular weight is 413 g/mol. The predicted octanol–water partition coefficient (Wildman–Crippen LogP) is 3.20. The summed E-state index contributed by atoms with van der Waals surface area (Å²) < 4.78 is 26.6. The van der Waals surface area contributed by atoms with Crippen molar-refractivity contribution in [2.45, 2.75) is 50.6 Å². The third kappa shape index (κ3) is 3.04. The van der Waals surface area contributed by atoms with Crippen molar-refractivity contribution >= 4 is 21.8 Å². The summed E-state index contributed by atoms with van der Waals surface area (Å²) >= 11 is 0. The summed E-state index contributed by atoms with van der Waals surface area (Å²) in [7, 11) is -4.03. The second-order valence-electron chi connectivity index (χ2n) is 7.81. The van der Waals surface area contributed by atoms with Crippen LogP contribution in [-0.2, 0) is 14.8 Å². The van der Waals surface area contributed by atoms with E-state index in [2.05, 4.69) is 6.07 Å². The molecule has 29 heavy (non-hydrogen) atoms. The molecule has 2 aliphatic heterocycles. The summed E-state index contributed by atoms with van der Waals surface area (Å²) in [6.07, 6.45) is 1.67. The first-order valence-electron chi connectivity index (χ1n) is 9.79. The standard InChI is InChI=1S/C22H24N2O4S/c1-14-10-11-17(13-15(14)2)19-8-6-12-23(19)21(25)16(3)24-22(26)18-7-4-5-9-20(18)29(24,27)28/h4-5,7,9-11,13,16,19H,6,8,12H2,1-3H3/t16-,19-/m0/s1. The zero-order valence-corrected chi connectivity index (χ0v) is 17.6. The summed E-state index contributed by atoms with van der Waals surface area (Å²) in [4.78, 5) is 27.8. The second-order valence-corrected chi connectivity index (χ2v) is 9.59. The molecule has 0 bridgehead atoms. The quantitative estimate of drug-likeness (QED) is 0.776. The van der Waals surface area contributed by atoms with E-state index in [9.17, 15) is 18.0 Å². The molecule has 2 aromatic carbocycles. The van der Waals surface area contributed by atoms with Crippen molar-refractivity contribution in [1.29, 1.82) is 0 Å². The van der Waals surface area contributed by atoms with E-state index in [0.29, 0.717) is 6.54 Å². The number of fused-ring (bicyclic) bond motifs is 1. The molecule has 0 radical (unpaired) electrons. The summed E-state index contributed by atoms with van der Waals surface area (Å²) in [6, 6.07) is 11.1. The number of likely N-dealkylation sites (tertiary alicyclic amines) is 1. The monoisotopic (exact) mass is 412 g/mol. The van der Waals surface area contributed by atoms with E-state index in [1.165, 1.54) is 24.6 Å². The Balaban J connectivity index is 1.64. The molecule has 0 saturated carbocycles. The number of nitrogens with zero attached hydrogens (tertiary/aromatic N) is 2. The van der Waals surface area contributed by atoms with Crippen molar-refractivity contribution in [2.24, 2.45) is 0 Å². The number of sulfonamides is 1. The fourth-order valence-corrected chi connectivity index (χ4v) is 5.99. The van der Waals surface area contributed by atoms with Crippen molar-refractivity contribution in [2.75, 3.05) is 6.54 Å². The van der Waals surface area contributed by atoms with Gasteiger partial charge in [0, 0.05) is 6.54 Å². The van der Waals surface area contributed by atoms with Crippen molar-refractivity contribution < 1.29 is 18.0 Å². The van der Waals surface area contributed by atoms with Gasteiger partial charge >= 0.3 is 0 Å². The van der Waals surface area contributed by atoms with Crippen LogP contribution in [0.1, 0.15) is 52.9 Å². The molecule has 2 atom stereocenters. The van der Waals surface area contributed by atoms with Crippen LogP contribution in [0.3, 0.4) is 0 Å². The summed E-state index contributed by atoms with van der Waals surface area (Å²) in [5.41, 5.74) is 3.51. The molecule has 0 aliphatic carbocycles. The molecule has 2 heterocycles. The lowest BCUT2D eigenvalue weighted by molar-refractivity contribution is -0.135. The number of carbonyl (C=O) groups is 2. The molecule has 152 valence electrons. The van der Waals surface area contributed by atoms with Crippen molar-refractivity contribution in [1.82, 2.24) is 9.21 Å². The lowest BCUT2D eigenvalue weighted by Gasteiger charge is -2.31. The summed E-state index contributed by atoms with van der Waals surface area (Å²) in [6.45, 7) is 6.13. The van der Waals surface area contributed by atoms with Gasteiger partial charge in [-0.25, -0.2) is 12.7 Å². The van der Waals surface area contributed by atoms with E-state index in [4.69, 9.17) is 0 Å². The van der Waals surface area contributed by atoms with Gasteiger partial charge in [0.1, 0.15) is 10.9 Å². The molecule has 7 heteroatoms. The van der Waals surface area contributed by atoms with E-state index in [0.717, 1.165) is 28.3 Å². The Morgan fingerprint density at radius 1 is 1.10 bits per heavy atom. The molecule has 6 nitrogen and oxygen atoms in total. The molecule has 1 fully saturated rings. The van der Waals surface area contributed by atoms with Crippen LogP contribution in [0.5, 0.6) is 0 Å². The molecule has 2 aliphatic rings. The molecule has 2 aromatic rings. The minimum atomic E-state index is -4.03. The van der Waals surface area contributed by atoms with E-state index in [1.807, 2.05) is 26.0 Å². The molecular weight excluding hydrogens is 388 g/mol. The van der Waals surface area contributed by atoms with Crippen molar-refractivity contribution in [3.63, 3.8) is 0 Å². The maximum Gasteiger partial charge on any atom is 0.269 e. The van der Waals surface area contributed by atoms with Gasteiger partial charge in [0.05, 0.1) is 11.6 Å². The van der Waals surface area contributed by atoms with E-state index < -0.39 is 22.0 Å². The first kappa shape index (κ1) is 19.6. The fourth-order valence-electron chi connectivity index (χ4n) is 4.28. The van der Waals surface area contributed by atoms with Gasteiger partial charge in [-0.1, -0.05) is 30.3 Å². The molecule has 0 spiro atoms. The van der Waals surface area contributed by atoms with Crippen LogP contribution >= 0.6 is 0 Å². The first-order chi connectivity index (χ1) is 13.7. The van der Waals surface area contributed by atoms with Crippen LogP contribution in [0.2, 0.25) is 0 Å². The second kappa shape index (κ2) is 6.99. The highest BCUT2D eigenvalue weighted by Gasteiger charge is 2.47.